The summed E-state index contributed by atoms with van der Waals surface area (Å²) < 4.78 is 0. The van der Waals surface area contributed by atoms with E-state index >= 15 is 0 Å². The second kappa shape index (κ2) is 7.25. The van der Waals surface area contributed by atoms with Crippen LogP contribution in [0.2, 0.25) is 0 Å². The molecule has 0 saturated carbocycles. The standard InChI is InChI=1S/C18H23NO3/c1-3-14(15-7-5-4-6-8-15)10-17(20)19-11-13(2)9-16(12-19)18(21)22/h3-8,13-14,16H,1,9-12H2,2H3,(H,21,22). The Morgan fingerprint density at radius 2 is 2.05 bits per heavy atom. The number of allylic oxidation sites excluding steroid dienone is 1. The van der Waals surface area contributed by atoms with Gasteiger partial charge in [0.05, 0.1) is 5.92 Å². The maximum Gasteiger partial charge on any atom is 0.308 e. The number of carbonyl (C=O) groups excluding carboxylic acids is 1. The van der Waals surface area contributed by atoms with Crippen molar-refractivity contribution in [1.29, 1.82) is 0 Å². The SMILES string of the molecule is C=CC(CC(=O)N1CC(C)CC(C(=O)O)C1)c1ccccc1. The van der Waals surface area contributed by atoms with Gasteiger partial charge in [0, 0.05) is 25.4 Å². The van der Waals surface area contributed by atoms with E-state index in [0.717, 1.165) is 5.56 Å². The van der Waals surface area contributed by atoms with Crippen LogP contribution in [0.1, 0.15) is 31.2 Å². The lowest BCUT2D eigenvalue weighted by molar-refractivity contribution is -0.146. The number of nitrogens with zero attached hydrogens (tertiary/aromatic N) is 1. The Morgan fingerprint density at radius 3 is 2.64 bits per heavy atom. The summed E-state index contributed by atoms with van der Waals surface area (Å²) in [5, 5.41) is 9.21. The van der Waals surface area contributed by atoms with Crippen LogP contribution in [0.4, 0.5) is 0 Å². The third kappa shape index (κ3) is 3.97. The molecule has 1 N–H and O–H groups in total. The van der Waals surface area contributed by atoms with Crippen LogP contribution in [-0.2, 0) is 9.59 Å². The van der Waals surface area contributed by atoms with E-state index in [1.54, 1.807) is 11.0 Å². The Hall–Kier alpha value is -2.10. The molecule has 1 aliphatic heterocycles. The van der Waals surface area contributed by atoms with Crippen LogP contribution in [0, 0.1) is 11.8 Å². The Balaban J connectivity index is 2.04. The topological polar surface area (TPSA) is 57.6 Å². The molecular weight excluding hydrogens is 278 g/mol. The van der Waals surface area contributed by atoms with Gasteiger partial charge in [-0.05, 0) is 17.9 Å². The van der Waals surface area contributed by atoms with Crippen molar-refractivity contribution in [3.63, 3.8) is 0 Å². The van der Waals surface area contributed by atoms with Crippen LogP contribution < -0.4 is 0 Å². The predicted molar refractivity (Wildman–Crippen MR) is 85.5 cm³/mol. The van der Waals surface area contributed by atoms with E-state index in [1.807, 2.05) is 37.3 Å². The fourth-order valence-corrected chi connectivity index (χ4v) is 3.09. The molecule has 22 heavy (non-hydrogen) atoms. The molecule has 0 aliphatic carbocycles. The van der Waals surface area contributed by atoms with Crippen LogP contribution in [0.25, 0.3) is 0 Å². The van der Waals surface area contributed by atoms with Crippen LogP contribution in [0.3, 0.4) is 0 Å². The molecule has 0 aromatic heterocycles. The normalized spacial score (nSPS) is 22.9. The Labute approximate surface area is 131 Å². The average molecular weight is 301 g/mol. The van der Waals surface area contributed by atoms with Crippen molar-refractivity contribution in [3.05, 3.63) is 48.6 Å². The van der Waals surface area contributed by atoms with Gasteiger partial charge in [0.25, 0.3) is 0 Å². The van der Waals surface area contributed by atoms with E-state index in [2.05, 4.69) is 6.58 Å². The van der Waals surface area contributed by atoms with Gasteiger partial charge >= 0.3 is 5.97 Å². The molecule has 4 nitrogen and oxygen atoms in total. The maximum absolute atomic E-state index is 12.5. The predicted octanol–water partition coefficient (Wildman–Crippen LogP) is 2.92. The first-order valence-electron chi connectivity index (χ1n) is 7.69. The smallest absolute Gasteiger partial charge is 0.308 e. The third-order valence-electron chi connectivity index (χ3n) is 4.27. The molecule has 2 rings (SSSR count). The molecule has 3 unspecified atom stereocenters. The van der Waals surface area contributed by atoms with Crippen molar-refractivity contribution < 1.29 is 14.7 Å². The summed E-state index contributed by atoms with van der Waals surface area (Å²) in [6, 6.07) is 9.80. The minimum atomic E-state index is -0.812. The van der Waals surface area contributed by atoms with Gasteiger partial charge in [-0.1, -0.05) is 43.3 Å². The number of aliphatic carboxylic acids is 1. The lowest BCUT2D eigenvalue weighted by atomic mass is 9.89. The zero-order chi connectivity index (χ0) is 16.1. The van der Waals surface area contributed by atoms with Crippen molar-refractivity contribution >= 4 is 11.9 Å². The highest BCUT2D eigenvalue weighted by Gasteiger charge is 2.32. The Bertz CT molecular complexity index is 541. The van der Waals surface area contributed by atoms with E-state index in [-0.39, 0.29) is 17.7 Å². The summed E-state index contributed by atoms with van der Waals surface area (Å²) >= 11 is 0. The monoisotopic (exact) mass is 301 g/mol. The summed E-state index contributed by atoms with van der Waals surface area (Å²) in [6.07, 6.45) is 2.77. The Kier molecular flexibility index (Phi) is 5.36. The molecule has 1 heterocycles. The molecule has 1 aromatic carbocycles. The number of carboxylic acids is 1. The number of amides is 1. The molecule has 0 bridgehead atoms. The van der Waals surface area contributed by atoms with Crippen LogP contribution >= 0.6 is 0 Å². The summed E-state index contributed by atoms with van der Waals surface area (Å²) in [5.74, 6) is -1.07. The fourth-order valence-electron chi connectivity index (χ4n) is 3.09. The fraction of sp³-hybridized carbons (Fsp3) is 0.444. The van der Waals surface area contributed by atoms with Crippen molar-refractivity contribution in [3.8, 4) is 0 Å². The number of hydrogen-bond donors (Lipinski definition) is 1. The number of hydrogen-bond acceptors (Lipinski definition) is 2. The molecule has 1 aromatic rings. The van der Waals surface area contributed by atoms with Crippen molar-refractivity contribution in [1.82, 2.24) is 4.90 Å². The number of benzene rings is 1. The minimum absolute atomic E-state index is 0.00607. The van der Waals surface area contributed by atoms with E-state index in [4.69, 9.17) is 0 Å². The number of rotatable bonds is 5. The lowest BCUT2D eigenvalue weighted by Crippen LogP contribution is -2.45. The van der Waals surface area contributed by atoms with Crippen molar-refractivity contribution in [2.24, 2.45) is 11.8 Å². The zero-order valence-corrected chi connectivity index (χ0v) is 12.9. The van der Waals surface area contributed by atoms with Gasteiger partial charge in [-0.2, -0.15) is 0 Å². The third-order valence-corrected chi connectivity index (χ3v) is 4.27. The largest absolute Gasteiger partial charge is 0.481 e. The summed E-state index contributed by atoms with van der Waals surface area (Å²) in [5.41, 5.74) is 1.06. The maximum atomic E-state index is 12.5. The second-order valence-electron chi connectivity index (χ2n) is 6.13. The van der Waals surface area contributed by atoms with Gasteiger partial charge in [-0.25, -0.2) is 0 Å². The van der Waals surface area contributed by atoms with Gasteiger partial charge in [-0.15, -0.1) is 6.58 Å². The first-order valence-corrected chi connectivity index (χ1v) is 7.69. The number of likely N-dealkylation sites (tertiary alicyclic amines) is 1. The minimum Gasteiger partial charge on any atom is -0.481 e. The molecule has 118 valence electrons. The number of piperidine rings is 1. The van der Waals surface area contributed by atoms with Gasteiger partial charge in [-0.3, -0.25) is 9.59 Å². The highest BCUT2D eigenvalue weighted by molar-refractivity contribution is 5.79. The molecule has 0 radical (unpaired) electrons. The molecule has 4 heteroatoms. The van der Waals surface area contributed by atoms with Crippen LogP contribution in [0.15, 0.2) is 43.0 Å². The van der Waals surface area contributed by atoms with Gasteiger partial charge in [0.1, 0.15) is 0 Å². The lowest BCUT2D eigenvalue weighted by Gasteiger charge is -2.35. The van der Waals surface area contributed by atoms with E-state index in [9.17, 15) is 14.7 Å². The van der Waals surface area contributed by atoms with Gasteiger partial charge in [0.2, 0.25) is 5.91 Å². The van der Waals surface area contributed by atoms with E-state index in [0.29, 0.717) is 25.9 Å². The molecule has 1 aliphatic rings. The quantitative estimate of drug-likeness (QED) is 0.851. The van der Waals surface area contributed by atoms with Gasteiger partial charge < -0.3 is 10.0 Å². The second-order valence-corrected chi connectivity index (χ2v) is 6.13. The number of carboxylic acid groups (broad SMARTS) is 1. The molecule has 0 spiro atoms. The zero-order valence-electron chi connectivity index (χ0n) is 12.9. The van der Waals surface area contributed by atoms with Crippen molar-refractivity contribution in [2.45, 2.75) is 25.7 Å². The first kappa shape index (κ1) is 16.3. The Morgan fingerprint density at radius 1 is 1.36 bits per heavy atom. The van der Waals surface area contributed by atoms with Crippen LogP contribution in [0.5, 0.6) is 0 Å². The van der Waals surface area contributed by atoms with Crippen LogP contribution in [-0.4, -0.2) is 35.0 Å². The molecule has 1 saturated heterocycles. The van der Waals surface area contributed by atoms with E-state index < -0.39 is 11.9 Å². The summed E-state index contributed by atoms with van der Waals surface area (Å²) in [4.78, 5) is 25.5. The molecular formula is C18H23NO3. The molecule has 1 fully saturated rings. The summed E-state index contributed by atoms with van der Waals surface area (Å²) in [6.45, 7) is 6.78. The molecule has 1 amide bonds. The first-order chi connectivity index (χ1) is 10.5. The van der Waals surface area contributed by atoms with Crippen molar-refractivity contribution in [2.75, 3.05) is 13.1 Å². The summed E-state index contributed by atoms with van der Waals surface area (Å²) in [7, 11) is 0. The van der Waals surface area contributed by atoms with Gasteiger partial charge in [0.15, 0.2) is 0 Å². The highest BCUT2D eigenvalue weighted by atomic mass is 16.4. The molecule has 3 atom stereocenters. The van der Waals surface area contributed by atoms with E-state index in [1.165, 1.54) is 0 Å². The highest BCUT2D eigenvalue weighted by Crippen LogP contribution is 2.26. The average Bonchev–Trinajstić information content (AvgIpc) is 2.52. The number of carbonyl (C=O) groups is 2.